The first-order valence-corrected chi connectivity index (χ1v) is 5.97. The number of ether oxygens (including phenoxy) is 2. The summed E-state index contributed by atoms with van der Waals surface area (Å²) in [5.41, 5.74) is 0.437. The second-order valence-corrected chi connectivity index (χ2v) is 4.67. The molecule has 0 heterocycles. The van der Waals surface area contributed by atoms with Gasteiger partial charge in [-0.05, 0) is 26.0 Å². The number of nitrogens with zero attached hydrogens (tertiary/aromatic N) is 1. The fraction of sp³-hybridized carbons (Fsp3) is 0.417. The van der Waals surface area contributed by atoms with Crippen molar-refractivity contribution in [3.63, 3.8) is 0 Å². The largest absolute Gasteiger partial charge is 2.00 e. The number of alkyl halides is 1. The molecule has 1 rings (SSSR count). The van der Waals surface area contributed by atoms with Crippen molar-refractivity contribution in [1.29, 1.82) is 5.26 Å². The van der Waals surface area contributed by atoms with Gasteiger partial charge in [0.1, 0.15) is 11.5 Å². The SMILES string of the molecule is CC(C)Cl.COc1cc(C#N)cc(OC)c1B(O)O.[H-].[H-].[Mg+2]. The zero-order valence-electron chi connectivity index (χ0n) is 14.1. The molecule has 0 atom stereocenters. The molecule has 0 radical (unpaired) electrons. The summed E-state index contributed by atoms with van der Waals surface area (Å²) in [5, 5.41) is 27.3. The molecule has 0 aliphatic heterocycles. The van der Waals surface area contributed by atoms with Crippen molar-refractivity contribution < 1.29 is 22.4 Å². The van der Waals surface area contributed by atoms with Gasteiger partial charge in [-0.15, -0.1) is 11.6 Å². The molecule has 8 heteroatoms. The van der Waals surface area contributed by atoms with Crippen molar-refractivity contribution in [1.82, 2.24) is 0 Å². The van der Waals surface area contributed by atoms with Gasteiger partial charge in [-0.2, -0.15) is 5.26 Å². The Balaban J connectivity index is -0.000000208. The Bertz CT molecular complexity index is 433. The van der Waals surface area contributed by atoms with Gasteiger partial charge in [0.25, 0.3) is 0 Å². The molecule has 0 unspecified atom stereocenters. The molecule has 0 aliphatic carbocycles. The van der Waals surface area contributed by atoms with Crippen LogP contribution >= 0.6 is 11.6 Å². The molecular formula is C12H19BClMgNO4. The first-order chi connectivity index (χ1) is 8.87. The summed E-state index contributed by atoms with van der Waals surface area (Å²) in [6, 6.07) is 4.75. The maximum absolute atomic E-state index is 9.12. The minimum Gasteiger partial charge on any atom is -1.00 e. The average molecular weight is 312 g/mol. The topological polar surface area (TPSA) is 82.7 Å². The van der Waals surface area contributed by atoms with Gasteiger partial charge in [0.2, 0.25) is 0 Å². The van der Waals surface area contributed by atoms with Crippen LogP contribution in [0.3, 0.4) is 0 Å². The minimum absolute atomic E-state index is 0. The molecule has 0 saturated carbocycles. The average Bonchev–Trinajstić information content (AvgIpc) is 2.35. The normalized spacial score (nSPS) is 8.75. The van der Waals surface area contributed by atoms with Crippen LogP contribution in [-0.4, -0.2) is 59.8 Å². The van der Waals surface area contributed by atoms with Crippen LogP contribution in [0.1, 0.15) is 22.3 Å². The van der Waals surface area contributed by atoms with Gasteiger partial charge in [-0.3, -0.25) is 0 Å². The Morgan fingerprint density at radius 1 is 1.25 bits per heavy atom. The standard InChI is InChI=1S/C9H10BNO4.C3H7Cl.Mg.2H/c1-14-7-3-6(5-11)4-8(15-2)9(7)10(12)13;1-3(2)4;;;/h3-4,12-13H,1-2H3;3H,1-2H3;;;/q;;+2;2*-1. The molecular weight excluding hydrogens is 293 g/mol. The van der Waals surface area contributed by atoms with Crippen LogP contribution in [0, 0.1) is 11.3 Å². The Hall–Kier alpha value is -0.649. The molecule has 1 aromatic rings. The van der Waals surface area contributed by atoms with Gasteiger partial charge < -0.3 is 22.4 Å². The van der Waals surface area contributed by atoms with Crippen molar-refractivity contribution in [2.45, 2.75) is 19.2 Å². The van der Waals surface area contributed by atoms with E-state index in [1.165, 1.54) is 26.4 Å². The van der Waals surface area contributed by atoms with Crippen molar-refractivity contribution in [2.24, 2.45) is 0 Å². The third kappa shape index (κ3) is 7.22. The van der Waals surface area contributed by atoms with E-state index in [1.807, 2.05) is 19.9 Å². The summed E-state index contributed by atoms with van der Waals surface area (Å²) in [6.45, 7) is 3.86. The Kier molecular flexibility index (Phi) is 12.0. The molecule has 0 fully saturated rings. The first-order valence-electron chi connectivity index (χ1n) is 5.53. The summed E-state index contributed by atoms with van der Waals surface area (Å²) < 4.78 is 9.88. The molecule has 0 amide bonds. The van der Waals surface area contributed by atoms with E-state index in [9.17, 15) is 0 Å². The predicted octanol–water partition coefficient (Wildman–Crippen LogP) is 0.733. The molecule has 108 valence electrons. The Morgan fingerprint density at radius 3 is 1.80 bits per heavy atom. The van der Waals surface area contributed by atoms with Gasteiger partial charge in [-0.25, -0.2) is 0 Å². The Labute approximate surface area is 143 Å². The molecule has 0 spiro atoms. The number of halogens is 1. The van der Waals surface area contributed by atoms with E-state index in [1.54, 1.807) is 0 Å². The molecule has 0 bridgehead atoms. The maximum Gasteiger partial charge on any atom is 2.00 e. The van der Waals surface area contributed by atoms with E-state index >= 15 is 0 Å². The van der Waals surface area contributed by atoms with E-state index < -0.39 is 7.12 Å². The van der Waals surface area contributed by atoms with E-state index in [4.69, 9.17) is 36.4 Å². The minimum atomic E-state index is -1.71. The van der Waals surface area contributed by atoms with E-state index in [-0.39, 0.29) is 42.9 Å². The van der Waals surface area contributed by atoms with Gasteiger partial charge in [-0.1, -0.05) is 0 Å². The first kappa shape index (κ1) is 21.6. The number of nitriles is 1. The van der Waals surface area contributed by atoms with Crippen LogP contribution in [0.4, 0.5) is 0 Å². The summed E-state index contributed by atoms with van der Waals surface area (Å²) in [4.78, 5) is 0. The van der Waals surface area contributed by atoms with E-state index in [0.29, 0.717) is 10.9 Å². The third-order valence-corrected chi connectivity index (χ3v) is 1.93. The monoisotopic (exact) mass is 311 g/mol. The summed E-state index contributed by atoms with van der Waals surface area (Å²) in [5.74, 6) is 0.418. The number of rotatable bonds is 3. The molecule has 0 aromatic heterocycles. The second-order valence-electron chi connectivity index (χ2n) is 3.79. The summed E-state index contributed by atoms with van der Waals surface area (Å²) >= 11 is 5.27. The van der Waals surface area contributed by atoms with Crippen LogP contribution in [0.5, 0.6) is 11.5 Å². The van der Waals surface area contributed by atoms with Crippen molar-refractivity contribution in [3.05, 3.63) is 17.7 Å². The molecule has 5 nitrogen and oxygen atoms in total. The van der Waals surface area contributed by atoms with Gasteiger partial charge in [0.05, 0.1) is 31.3 Å². The molecule has 2 N–H and O–H groups in total. The zero-order valence-corrected chi connectivity index (χ0v) is 14.2. The second kappa shape index (κ2) is 11.1. The Morgan fingerprint density at radius 2 is 1.60 bits per heavy atom. The van der Waals surface area contributed by atoms with Gasteiger partial charge in [0, 0.05) is 5.38 Å². The summed E-state index contributed by atoms with van der Waals surface area (Å²) in [7, 11) is 1.05. The molecule has 20 heavy (non-hydrogen) atoms. The third-order valence-electron chi connectivity index (χ3n) is 1.93. The van der Waals surface area contributed by atoms with Crippen molar-refractivity contribution >= 4 is 47.2 Å². The number of benzene rings is 1. The fourth-order valence-electron chi connectivity index (χ4n) is 1.26. The number of methoxy groups -OCH3 is 2. The summed E-state index contributed by atoms with van der Waals surface area (Å²) in [6.07, 6.45) is 0. The van der Waals surface area contributed by atoms with Gasteiger partial charge in [0.15, 0.2) is 0 Å². The van der Waals surface area contributed by atoms with Crippen molar-refractivity contribution in [2.75, 3.05) is 14.2 Å². The van der Waals surface area contributed by atoms with Crippen LogP contribution in [-0.2, 0) is 0 Å². The van der Waals surface area contributed by atoms with Crippen LogP contribution < -0.4 is 14.9 Å². The fourth-order valence-corrected chi connectivity index (χ4v) is 1.26. The van der Waals surface area contributed by atoms with Crippen molar-refractivity contribution in [3.8, 4) is 17.6 Å². The molecule has 1 aromatic carbocycles. The quantitative estimate of drug-likeness (QED) is 0.635. The molecule has 0 saturated heterocycles. The smallest absolute Gasteiger partial charge is 1.00 e. The maximum atomic E-state index is 9.12. The molecule has 0 aliphatic rings. The van der Waals surface area contributed by atoms with Gasteiger partial charge >= 0.3 is 30.2 Å². The number of hydrogen-bond donors (Lipinski definition) is 2. The van der Waals surface area contributed by atoms with Crippen LogP contribution in [0.15, 0.2) is 12.1 Å². The predicted molar refractivity (Wildman–Crippen MR) is 83.1 cm³/mol. The van der Waals surface area contributed by atoms with E-state index in [0.717, 1.165) is 0 Å². The van der Waals surface area contributed by atoms with Crippen LogP contribution in [0.2, 0.25) is 0 Å². The van der Waals surface area contributed by atoms with E-state index in [2.05, 4.69) is 0 Å². The van der Waals surface area contributed by atoms with Crippen LogP contribution in [0.25, 0.3) is 0 Å². The zero-order chi connectivity index (χ0) is 15.0. The number of hydrogen-bond acceptors (Lipinski definition) is 5.